The lowest BCUT2D eigenvalue weighted by Crippen LogP contribution is -2.14. The number of nitrogens with zero attached hydrogens (tertiary/aromatic N) is 2. The van der Waals surface area contributed by atoms with Gasteiger partial charge < -0.3 is 15.5 Å². The predicted molar refractivity (Wildman–Crippen MR) is 79.0 cm³/mol. The van der Waals surface area contributed by atoms with Crippen LogP contribution in [-0.4, -0.2) is 17.1 Å². The molecule has 1 unspecified atom stereocenters. The van der Waals surface area contributed by atoms with Crippen molar-refractivity contribution < 1.29 is 9.13 Å². The number of halogens is 1. The van der Waals surface area contributed by atoms with Crippen molar-refractivity contribution in [1.82, 2.24) is 9.97 Å². The molecule has 1 heterocycles. The van der Waals surface area contributed by atoms with Crippen LogP contribution >= 0.6 is 0 Å². The topological polar surface area (TPSA) is 85.1 Å². The first-order chi connectivity index (χ1) is 10.1. The lowest BCUT2D eigenvalue weighted by atomic mass is 10.1. The highest BCUT2D eigenvalue weighted by molar-refractivity contribution is 5.48. The minimum Gasteiger partial charge on any atom is -0.377 e. The fourth-order valence-corrected chi connectivity index (χ4v) is 1.90. The summed E-state index contributed by atoms with van der Waals surface area (Å²) in [6, 6.07) is 7.97. The van der Waals surface area contributed by atoms with Crippen LogP contribution in [0.15, 0.2) is 30.3 Å². The molecule has 21 heavy (non-hydrogen) atoms. The summed E-state index contributed by atoms with van der Waals surface area (Å²) in [7, 11) is 1.57. The van der Waals surface area contributed by atoms with Crippen LogP contribution < -0.4 is 16.6 Å². The Hall–Kier alpha value is -2.25. The van der Waals surface area contributed by atoms with Crippen molar-refractivity contribution in [2.45, 2.75) is 19.6 Å². The Morgan fingerprint density at radius 2 is 1.90 bits per heavy atom. The number of aromatic nitrogens is 2. The Bertz CT molecular complexity index is 590. The average molecular weight is 291 g/mol. The van der Waals surface area contributed by atoms with E-state index < -0.39 is 0 Å². The van der Waals surface area contributed by atoms with Crippen molar-refractivity contribution in [2.75, 3.05) is 17.9 Å². The molecule has 0 fully saturated rings. The lowest BCUT2D eigenvalue weighted by molar-refractivity contribution is 0.178. The number of nitrogen functional groups attached to an aromatic ring is 1. The van der Waals surface area contributed by atoms with Crippen molar-refractivity contribution in [3.8, 4) is 0 Å². The van der Waals surface area contributed by atoms with Crippen LogP contribution in [0, 0.1) is 5.82 Å². The number of benzene rings is 1. The van der Waals surface area contributed by atoms with Gasteiger partial charge in [0.05, 0.1) is 0 Å². The first-order valence-electron chi connectivity index (χ1n) is 6.48. The molecule has 0 bridgehead atoms. The molecule has 1 atom stereocenters. The quantitative estimate of drug-likeness (QED) is 0.559. The van der Waals surface area contributed by atoms with Gasteiger partial charge in [0.2, 0.25) is 0 Å². The summed E-state index contributed by atoms with van der Waals surface area (Å²) in [5.74, 6) is 6.75. The molecular formula is C14H18FN5O. The van der Waals surface area contributed by atoms with Gasteiger partial charge in [-0.05, 0) is 24.6 Å². The van der Waals surface area contributed by atoms with Crippen LogP contribution in [0.1, 0.15) is 24.4 Å². The molecule has 0 spiro atoms. The molecule has 6 nitrogen and oxygen atoms in total. The minimum atomic E-state index is -0.259. The molecule has 0 aliphatic carbocycles. The molecule has 0 radical (unpaired) electrons. The van der Waals surface area contributed by atoms with E-state index in [4.69, 9.17) is 10.6 Å². The van der Waals surface area contributed by atoms with Gasteiger partial charge in [-0.3, -0.25) is 0 Å². The maximum absolute atomic E-state index is 12.9. The van der Waals surface area contributed by atoms with Gasteiger partial charge in [0, 0.05) is 19.2 Å². The zero-order valence-corrected chi connectivity index (χ0v) is 11.9. The summed E-state index contributed by atoms with van der Waals surface area (Å²) in [4.78, 5) is 8.51. The highest BCUT2D eigenvalue weighted by atomic mass is 19.1. The second-order valence-electron chi connectivity index (χ2n) is 4.55. The van der Waals surface area contributed by atoms with Crippen LogP contribution in [0.4, 0.5) is 16.0 Å². The summed E-state index contributed by atoms with van der Waals surface area (Å²) in [6.07, 6.45) is 0. The van der Waals surface area contributed by atoms with Gasteiger partial charge in [0.1, 0.15) is 24.1 Å². The number of anilines is 2. The molecule has 0 saturated heterocycles. The summed E-state index contributed by atoms with van der Waals surface area (Å²) < 4.78 is 18.0. The first-order valence-corrected chi connectivity index (χ1v) is 6.48. The Morgan fingerprint density at radius 3 is 2.52 bits per heavy atom. The van der Waals surface area contributed by atoms with Crippen molar-refractivity contribution >= 4 is 11.6 Å². The van der Waals surface area contributed by atoms with Gasteiger partial charge in [-0.1, -0.05) is 12.1 Å². The van der Waals surface area contributed by atoms with Gasteiger partial charge in [0.15, 0.2) is 5.82 Å². The number of ether oxygens (including phenoxy) is 1. The summed E-state index contributed by atoms with van der Waals surface area (Å²) in [5.41, 5.74) is 3.44. The van der Waals surface area contributed by atoms with Gasteiger partial charge in [-0.25, -0.2) is 20.2 Å². The van der Waals surface area contributed by atoms with E-state index in [1.807, 2.05) is 6.92 Å². The standard InChI is InChI=1S/C14H18FN5O/c1-9(10-3-5-11(15)6-4-10)17-12-7-13(20-16)19-14(18-12)8-21-2/h3-7,9H,8,16H2,1-2H3,(H2,17,18,19,20). The molecule has 0 amide bonds. The smallest absolute Gasteiger partial charge is 0.158 e. The Labute approximate surface area is 122 Å². The van der Waals surface area contributed by atoms with Crippen molar-refractivity contribution in [2.24, 2.45) is 5.84 Å². The van der Waals surface area contributed by atoms with Crippen LogP contribution in [0.25, 0.3) is 0 Å². The highest BCUT2D eigenvalue weighted by Gasteiger charge is 2.09. The third kappa shape index (κ3) is 4.11. The van der Waals surface area contributed by atoms with E-state index in [9.17, 15) is 4.39 Å². The van der Waals surface area contributed by atoms with Crippen molar-refractivity contribution in [3.05, 3.63) is 47.5 Å². The fourth-order valence-electron chi connectivity index (χ4n) is 1.90. The maximum Gasteiger partial charge on any atom is 0.158 e. The Kier molecular flexibility index (Phi) is 5.02. The lowest BCUT2D eigenvalue weighted by Gasteiger charge is -2.16. The third-order valence-electron chi connectivity index (χ3n) is 2.93. The van der Waals surface area contributed by atoms with E-state index in [0.29, 0.717) is 17.5 Å². The van der Waals surface area contributed by atoms with Crippen molar-refractivity contribution in [1.29, 1.82) is 0 Å². The van der Waals surface area contributed by atoms with E-state index in [0.717, 1.165) is 5.56 Å². The van der Waals surface area contributed by atoms with E-state index >= 15 is 0 Å². The third-order valence-corrected chi connectivity index (χ3v) is 2.93. The second kappa shape index (κ2) is 6.96. The maximum atomic E-state index is 12.9. The molecule has 2 aromatic rings. The molecule has 2 rings (SSSR count). The molecule has 0 aliphatic heterocycles. The van der Waals surface area contributed by atoms with E-state index in [1.165, 1.54) is 12.1 Å². The predicted octanol–water partition coefficient (Wildman–Crippen LogP) is 2.22. The molecule has 7 heteroatoms. The zero-order chi connectivity index (χ0) is 15.2. The van der Waals surface area contributed by atoms with Gasteiger partial charge in [-0.2, -0.15) is 0 Å². The minimum absolute atomic E-state index is 0.0403. The van der Waals surface area contributed by atoms with Gasteiger partial charge >= 0.3 is 0 Å². The molecule has 0 saturated carbocycles. The first kappa shape index (κ1) is 15.1. The number of hydrogen-bond acceptors (Lipinski definition) is 6. The molecule has 112 valence electrons. The van der Waals surface area contributed by atoms with Crippen LogP contribution in [0.2, 0.25) is 0 Å². The molecule has 1 aromatic carbocycles. The summed E-state index contributed by atoms with van der Waals surface area (Å²) in [6.45, 7) is 2.25. The van der Waals surface area contributed by atoms with E-state index in [-0.39, 0.29) is 18.5 Å². The van der Waals surface area contributed by atoms with Gasteiger partial charge in [0.25, 0.3) is 0 Å². The van der Waals surface area contributed by atoms with E-state index in [2.05, 4.69) is 20.7 Å². The van der Waals surface area contributed by atoms with Crippen molar-refractivity contribution in [3.63, 3.8) is 0 Å². The Morgan fingerprint density at radius 1 is 1.24 bits per heavy atom. The number of hydrogen-bond donors (Lipinski definition) is 3. The molecule has 1 aromatic heterocycles. The number of hydrazine groups is 1. The summed E-state index contributed by atoms with van der Waals surface area (Å²) in [5, 5.41) is 3.23. The number of rotatable bonds is 6. The monoisotopic (exact) mass is 291 g/mol. The van der Waals surface area contributed by atoms with Crippen LogP contribution in [0.5, 0.6) is 0 Å². The SMILES string of the molecule is COCc1nc(NN)cc(NC(C)c2ccc(F)cc2)n1. The molecule has 4 N–H and O–H groups in total. The van der Waals surface area contributed by atoms with E-state index in [1.54, 1.807) is 25.3 Å². The van der Waals surface area contributed by atoms with Gasteiger partial charge in [-0.15, -0.1) is 0 Å². The zero-order valence-electron chi connectivity index (χ0n) is 11.9. The molecule has 0 aliphatic rings. The molecular weight excluding hydrogens is 273 g/mol. The van der Waals surface area contributed by atoms with Crippen LogP contribution in [-0.2, 0) is 11.3 Å². The average Bonchev–Trinajstić information content (AvgIpc) is 2.48. The summed E-state index contributed by atoms with van der Waals surface area (Å²) >= 11 is 0. The highest BCUT2D eigenvalue weighted by Crippen LogP contribution is 2.20. The normalized spacial score (nSPS) is 12.0. The second-order valence-corrected chi connectivity index (χ2v) is 4.55. The number of nitrogens with one attached hydrogen (secondary N) is 2. The Balaban J connectivity index is 2.17. The number of nitrogens with two attached hydrogens (primary N) is 1. The fraction of sp³-hybridized carbons (Fsp3) is 0.286. The largest absolute Gasteiger partial charge is 0.377 e. The number of methoxy groups -OCH3 is 1. The van der Waals surface area contributed by atoms with Crippen LogP contribution in [0.3, 0.4) is 0 Å².